The Balaban J connectivity index is 1.36. The standard InChI is InChI=1S/C39H42N2O8/c1-5-40(6-2)26-18-20-32(34(42)24-26)36(44)28-14-9-11-16-30(28)38(46)48-22-13-23-49-39(47)31-17-12-10-15-29(31)37(45)33-21-19-27(25-35(33)43)41(7-3)8-4/h9-12,14-21,24-25,42-43H,5-8,13,22-23H2,1-4H3. The van der Waals surface area contributed by atoms with Gasteiger partial charge in [-0.15, -0.1) is 0 Å². The minimum absolute atomic E-state index is 0.0394. The summed E-state index contributed by atoms with van der Waals surface area (Å²) in [6.45, 7) is 10.7. The molecule has 0 aliphatic carbocycles. The van der Waals surface area contributed by atoms with E-state index in [1.807, 2.05) is 37.5 Å². The lowest BCUT2D eigenvalue weighted by Gasteiger charge is -2.21. The Hall–Kier alpha value is -5.64. The Kier molecular flexibility index (Phi) is 12.5. The molecular weight excluding hydrogens is 624 g/mol. The molecule has 0 amide bonds. The third kappa shape index (κ3) is 8.45. The van der Waals surface area contributed by atoms with Crippen LogP contribution >= 0.6 is 0 Å². The summed E-state index contributed by atoms with van der Waals surface area (Å²) in [6, 6.07) is 22.1. The Labute approximate surface area is 286 Å². The smallest absolute Gasteiger partial charge is 0.338 e. The second-order valence-corrected chi connectivity index (χ2v) is 11.1. The maximum Gasteiger partial charge on any atom is 0.338 e. The molecule has 4 aromatic rings. The van der Waals surface area contributed by atoms with Crippen molar-refractivity contribution in [2.24, 2.45) is 0 Å². The monoisotopic (exact) mass is 666 g/mol. The van der Waals surface area contributed by atoms with Gasteiger partial charge in [0, 0.05) is 67.2 Å². The zero-order chi connectivity index (χ0) is 35.5. The predicted octanol–water partition coefficient (Wildman–Crippen LogP) is 6.66. The van der Waals surface area contributed by atoms with Gasteiger partial charge in [-0.25, -0.2) is 9.59 Å². The minimum atomic E-state index is -0.739. The van der Waals surface area contributed by atoms with Crippen molar-refractivity contribution < 1.29 is 38.9 Å². The Morgan fingerprint density at radius 3 is 1.18 bits per heavy atom. The summed E-state index contributed by atoms with van der Waals surface area (Å²) in [5, 5.41) is 21.3. The molecule has 10 heteroatoms. The number of hydrogen-bond donors (Lipinski definition) is 2. The molecule has 0 fully saturated rings. The molecular formula is C39H42N2O8. The van der Waals surface area contributed by atoms with Crippen LogP contribution in [0.3, 0.4) is 0 Å². The summed E-state index contributed by atoms with van der Waals surface area (Å²) in [5.74, 6) is -2.90. The predicted molar refractivity (Wildman–Crippen MR) is 188 cm³/mol. The van der Waals surface area contributed by atoms with Crippen molar-refractivity contribution in [1.82, 2.24) is 0 Å². The average Bonchev–Trinajstić information content (AvgIpc) is 3.12. The van der Waals surface area contributed by atoms with E-state index in [2.05, 4.69) is 0 Å². The number of ketones is 2. The summed E-state index contributed by atoms with van der Waals surface area (Å²) >= 11 is 0. The maximum atomic E-state index is 13.4. The fourth-order valence-corrected chi connectivity index (χ4v) is 5.55. The number of anilines is 2. The molecule has 0 bridgehead atoms. The normalized spacial score (nSPS) is 10.7. The lowest BCUT2D eigenvalue weighted by molar-refractivity contribution is 0.0392. The number of carbonyl (C=O) groups is 4. The highest BCUT2D eigenvalue weighted by molar-refractivity contribution is 6.16. The van der Waals surface area contributed by atoms with Crippen LogP contribution in [0.15, 0.2) is 84.9 Å². The molecule has 10 nitrogen and oxygen atoms in total. The van der Waals surface area contributed by atoms with Gasteiger partial charge in [-0.05, 0) is 64.1 Å². The highest BCUT2D eigenvalue weighted by Crippen LogP contribution is 2.29. The van der Waals surface area contributed by atoms with Crippen LogP contribution in [0.2, 0.25) is 0 Å². The summed E-state index contributed by atoms with van der Waals surface area (Å²) < 4.78 is 10.8. The fourth-order valence-electron chi connectivity index (χ4n) is 5.55. The van der Waals surface area contributed by atoms with Crippen molar-refractivity contribution in [3.63, 3.8) is 0 Å². The van der Waals surface area contributed by atoms with E-state index >= 15 is 0 Å². The van der Waals surface area contributed by atoms with Gasteiger partial charge < -0.3 is 29.5 Å². The van der Waals surface area contributed by atoms with Crippen molar-refractivity contribution in [2.45, 2.75) is 34.1 Å². The number of aromatic hydroxyl groups is 2. The second-order valence-electron chi connectivity index (χ2n) is 11.1. The number of ether oxygens (including phenoxy) is 2. The van der Waals surface area contributed by atoms with Crippen LogP contribution in [0.25, 0.3) is 0 Å². The van der Waals surface area contributed by atoms with E-state index in [4.69, 9.17) is 9.47 Å². The van der Waals surface area contributed by atoms with Crippen molar-refractivity contribution in [3.8, 4) is 11.5 Å². The summed E-state index contributed by atoms with van der Waals surface area (Å²) in [7, 11) is 0. The van der Waals surface area contributed by atoms with E-state index in [-0.39, 0.29) is 64.5 Å². The van der Waals surface area contributed by atoms with Crippen molar-refractivity contribution in [3.05, 3.63) is 118 Å². The molecule has 49 heavy (non-hydrogen) atoms. The molecule has 0 unspecified atom stereocenters. The van der Waals surface area contributed by atoms with Gasteiger partial charge in [-0.3, -0.25) is 9.59 Å². The number of phenols is 2. The zero-order valence-corrected chi connectivity index (χ0v) is 28.3. The molecule has 4 aromatic carbocycles. The van der Waals surface area contributed by atoms with Crippen LogP contribution in [0.1, 0.15) is 86.7 Å². The molecule has 0 spiro atoms. The van der Waals surface area contributed by atoms with Gasteiger partial charge in [0.25, 0.3) is 0 Å². The number of phenolic OH excluding ortho intramolecular Hbond substituents is 2. The molecule has 256 valence electrons. The lowest BCUT2D eigenvalue weighted by atomic mass is 9.97. The Morgan fingerprint density at radius 2 is 0.857 bits per heavy atom. The molecule has 0 aliphatic rings. The van der Waals surface area contributed by atoms with E-state index < -0.39 is 23.5 Å². The molecule has 0 aromatic heterocycles. The number of benzene rings is 4. The Bertz CT molecular complexity index is 1680. The first-order valence-corrected chi connectivity index (χ1v) is 16.4. The van der Waals surface area contributed by atoms with Gasteiger partial charge in [0.2, 0.25) is 0 Å². The van der Waals surface area contributed by atoms with Crippen LogP contribution in [0.4, 0.5) is 11.4 Å². The first kappa shape index (κ1) is 36.2. The van der Waals surface area contributed by atoms with E-state index in [1.165, 1.54) is 36.4 Å². The van der Waals surface area contributed by atoms with Gasteiger partial charge in [0.05, 0.1) is 35.5 Å². The third-order valence-corrected chi connectivity index (χ3v) is 8.25. The first-order chi connectivity index (χ1) is 23.6. The van der Waals surface area contributed by atoms with Gasteiger partial charge in [-0.1, -0.05) is 36.4 Å². The number of hydrogen-bond acceptors (Lipinski definition) is 10. The van der Waals surface area contributed by atoms with Crippen LogP contribution in [0, 0.1) is 0 Å². The van der Waals surface area contributed by atoms with Gasteiger partial charge in [0.1, 0.15) is 11.5 Å². The van der Waals surface area contributed by atoms with Gasteiger partial charge in [-0.2, -0.15) is 0 Å². The summed E-state index contributed by atoms with van der Waals surface area (Å²) in [6.07, 6.45) is 0.158. The van der Waals surface area contributed by atoms with Gasteiger partial charge >= 0.3 is 11.9 Å². The van der Waals surface area contributed by atoms with Crippen LogP contribution < -0.4 is 9.80 Å². The van der Waals surface area contributed by atoms with Crippen LogP contribution in [-0.2, 0) is 9.47 Å². The highest BCUT2D eigenvalue weighted by atomic mass is 16.5. The number of nitrogens with zero attached hydrogens (tertiary/aromatic N) is 2. The number of carbonyl (C=O) groups excluding carboxylic acids is 4. The SMILES string of the molecule is CCN(CC)c1ccc(C(=O)c2ccccc2C(=O)OCCCOC(=O)c2ccccc2C(=O)c2ccc(N(CC)CC)cc2O)c(O)c1. The minimum Gasteiger partial charge on any atom is -0.507 e. The van der Waals surface area contributed by atoms with E-state index in [0.29, 0.717) is 0 Å². The van der Waals surface area contributed by atoms with Gasteiger partial charge in [0.15, 0.2) is 11.6 Å². The van der Waals surface area contributed by atoms with E-state index in [9.17, 15) is 29.4 Å². The second kappa shape index (κ2) is 17.0. The summed E-state index contributed by atoms with van der Waals surface area (Å²) in [5.41, 5.74) is 1.93. The molecule has 0 aliphatic heterocycles. The zero-order valence-electron chi connectivity index (χ0n) is 28.3. The van der Waals surface area contributed by atoms with E-state index in [1.54, 1.807) is 48.5 Å². The summed E-state index contributed by atoms with van der Waals surface area (Å²) in [4.78, 5) is 56.8. The molecule has 0 saturated heterocycles. The highest BCUT2D eigenvalue weighted by Gasteiger charge is 2.24. The van der Waals surface area contributed by atoms with Crippen molar-refractivity contribution in [2.75, 3.05) is 49.2 Å². The lowest BCUT2D eigenvalue weighted by Crippen LogP contribution is -2.21. The number of esters is 2. The fraction of sp³-hybridized carbons (Fsp3) is 0.282. The largest absolute Gasteiger partial charge is 0.507 e. The molecule has 0 radical (unpaired) electrons. The molecule has 2 N–H and O–H groups in total. The average molecular weight is 667 g/mol. The Morgan fingerprint density at radius 1 is 0.510 bits per heavy atom. The van der Waals surface area contributed by atoms with Crippen molar-refractivity contribution >= 4 is 34.9 Å². The van der Waals surface area contributed by atoms with Crippen LogP contribution in [0.5, 0.6) is 11.5 Å². The third-order valence-electron chi connectivity index (χ3n) is 8.25. The van der Waals surface area contributed by atoms with Crippen molar-refractivity contribution in [1.29, 1.82) is 0 Å². The molecule has 0 atom stereocenters. The first-order valence-electron chi connectivity index (χ1n) is 16.4. The topological polar surface area (TPSA) is 134 Å². The maximum absolute atomic E-state index is 13.4. The molecule has 4 rings (SSSR count). The van der Waals surface area contributed by atoms with Crippen LogP contribution in [-0.4, -0.2) is 73.1 Å². The quantitative estimate of drug-likeness (QED) is 0.0760. The van der Waals surface area contributed by atoms with E-state index in [0.717, 1.165) is 37.6 Å². The molecule has 0 heterocycles. The number of rotatable bonds is 16. The molecule has 0 saturated carbocycles.